The summed E-state index contributed by atoms with van der Waals surface area (Å²) in [6.07, 6.45) is 6.97. The standard InChI is InChI=1S/C25H40N6O4/c1-5-6-13-26-23-27-16-20(21(30-23)28-17-7-9-19(32)10-8-17)22(33)29-18-11-14-31(15-12-18)24(34)35-25(2,3)4/h16,18-19,32H,5-15H2,1-4H3,(H,29,33)(H,26,27,30). The number of likely N-dealkylation sites (tertiary alicyclic amines) is 1. The largest absolute Gasteiger partial charge is 0.444 e. The van der Waals surface area contributed by atoms with Crippen LogP contribution in [0.1, 0.15) is 89.4 Å². The van der Waals surface area contributed by atoms with E-state index in [9.17, 15) is 14.7 Å². The van der Waals surface area contributed by atoms with E-state index in [2.05, 4.69) is 27.5 Å². The zero-order valence-electron chi connectivity index (χ0n) is 21.5. The summed E-state index contributed by atoms with van der Waals surface area (Å²) >= 11 is 0. The first-order chi connectivity index (χ1) is 16.6. The van der Waals surface area contributed by atoms with Crippen molar-refractivity contribution in [1.29, 1.82) is 0 Å². The molecule has 2 amide bonds. The van der Waals surface area contributed by atoms with Gasteiger partial charge < -0.3 is 25.4 Å². The van der Waals surface area contributed by atoms with Gasteiger partial charge in [-0.2, -0.15) is 4.98 Å². The molecular formula is C25H40N6O4. The fourth-order valence-electron chi connectivity index (χ4n) is 4.07. The molecule has 10 nitrogen and oxygen atoms in total. The Kier molecular flexibility index (Phi) is 9.42. The molecule has 1 aromatic heterocycles. The predicted octanol–water partition coefficient (Wildman–Crippen LogP) is 3.83. The number of ether oxygens (including phenoxy) is 1. The number of piperidine rings is 1. The van der Waals surface area contributed by atoms with Crippen molar-refractivity contribution in [3.05, 3.63) is 11.8 Å². The lowest BCUT2D eigenvalue weighted by molar-refractivity contribution is 0.0199. The zero-order valence-corrected chi connectivity index (χ0v) is 21.5. The van der Waals surface area contributed by atoms with E-state index >= 15 is 0 Å². The van der Waals surface area contributed by atoms with Crippen LogP contribution in [0.3, 0.4) is 0 Å². The molecule has 0 aromatic carbocycles. The second-order valence-corrected chi connectivity index (χ2v) is 10.3. The van der Waals surface area contributed by atoms with E-state index in [-0.39, 0.29) is 24.1 Å². The van der Waals surface area contributed by atoms with Crippen LogP contribution in [0.15, 0.2) is 11.2 Å². The van der Waals surface area contributed by atoms with Gasteiger partial charge >= 0.3 is 6.09 Å². The summed E-state index contributed by atoms with van der Waals surface area (Å²) in [5, 5.41) is 16.1. The number of hydrogen-bond donors (Lipinski definition) is 3. The van der Waals surface area contributed by atoms with Crippen LogP contribution in [0.2, 0.25) is 0 Å². The Bertz CT molecular complexity index is 896. The lowest BCUT2D eigenvalue weighted by Gasteiger charge is -2.33. The summed E-state index contributed by atoms with van der Waals surface area (Å²) < 4.78 is 5.45. The van der Waals surface area contributed by atoms with Gasteiger partial charge in [-0.05, 0) is 65.7 Å². The molecule has 2 aliphatic rings. The molecule has 2 heterocycles. The van der Waals surface area contributed by atoms with Crippen LogP contribution in [0.5, 0.6) is 0 Å². The molecule has 1 saturated carbocycles. The molecule has 2 fully saturated rings. The second-order valence-electron chi connectivity index (χ2n) is 10.3. The van der Waals surface area contributed by atoms with Crippen molar-refractivity contribution in [1.82, 2.24) is 20.2 Å². The lowest BCUT2D eigenvalue weighted by Crippen LogP contribution is -2.47. The number of unbranched alkanes of at least 4 members (excludes halogenated alkanes) is 1. The molecule has 0 radical (unpaired) electrons. The van der Waals surface area contributed by atoms with Gasteiger partial charge in [0.1, 0.15) is 11.2 Å². The number of hydrogen-bond acceptors (Lipinski definition) is 8. The third-order valence-electron chi connectivity index (χ3n) is 6.10. The van der Waals surface area contributed by atoms with E-state index in [0.717, 1.165) is 25.1 Å². The monoisotopic (exact) mass is 488 g/mol. The van der Waals surface area contributed by atoms with Crippen LogP contribution >= 0.6 is 0 Å². The van der Waals surface area contributed by atoms with Gasteiger partial charge in [-0.25, -0.2) is 14.8 Å². The molecule has 3 rings (SSSR count). The molecule has 0 spiro atoms. The highest BCUT2D eigenvalue weighted by atomic mass is 16.6. The lowest BCUT2D eigenvalue weighted by atomic mass is 9.96. The van der Waals surface area contributed by atoms with Gasteiger partial charge in [-0.15, -0.1) is 0 Å². The SMILES string of the molecule is CCCCNc1ncc(C(=O)NC2CCN(C(=O)OC(C)(C)C)CC2)c(N=C2CCC(O)CC2)n1. The topological polar surface area (TPSA) is 129 Å². The Morgan fingerprint density at radius 1 is 1.20 bits per heavy atom. The van der Waals surface area contributed by atoms with Crippen molar-refractivity contribution in [3.63, 3.8) is 0 Å². The summed E-state index contributed by atoms with van der Waals surface area (Å²) in [5.41, 5.74) is 0.737. The van der Waals surface area contributed by atoms with Crippen LogP contribution in [-0.2, 0) is 4.74 Å². The maximum atomic E-state index is 13.2. The average Bonchev–Trinajstić information content (AvgIpc) is 2.80. The highest BCUT2D eigenvalue weighted by molar-refractivity contribution is 5.99. The number of rotatable bonds is 7. The Hall–Kier alpha value is -2.75. The van der Waals surface area contributed by atoms with Gasteiger partial charge in [0.2, 0.25) is 5.95 Å². The second kappa shape index (κ2) is 12.3. The van der Waals surface area contributed by atoms with E-state index in [4.69, 9.17) is 9.73 Å². The van der Waals surface area contributed by atoms with Crippen molar-refractivity contribution in [3.8, 4) is 0 Å². The van der Waals surface area contributed by atoms with Gasteiger partial charge in [0.05, 0.1) is 6.10 Å². The molecule has 35 heavy (non-hydrogen) atoms. The Morgan fingerprint density at radius 3 is 2.51 bits per heavy atom. The van der Waals surface area contributed by atoms with Crippen LogP contribution in [0.4, 0.5) is 16.6 Å². The number of aliphatic hydroxyl groups excluding tert-OH is 1. The number of carbonyl (C=O) groups excluding carboxylic acids is 2. The smallest absolute Gasteiger partial charge is 0.410 e. The molecule has 0 unspecified atom stereocenters. The highest BCUT2D eigenvalue weighted by Gasteiger charge is 2.28. The number of nitrogens with one attached hydrogen (secondary N) is 2. The minimum Gasteiger partial charge on any atom is -0.444 e. The number of aliphatic imine (C=N–C) groups is 1. The van der Waals surface area contributed by atoms with Crippen molar-refractivity contribution < 1.29 is 19.4 Å². The number of aliphatic hydroxyl groups is 1. The molecule has 1 aliphatic carbocycles. The molecule has 0 atom stereocenters. The Morgan fingerprint density at radius 2 is 1.89 bits per heavy atom. The van der Waals surface area contributed by atoms with E-state index in [1.165, 1.54) is 6.20 Å². The first kappa shape index (κ1) is 26.8. The minimum absolute atomic E-state index is 0.0612. The third-order valence-corrected chi connectivity index (χ3v) is 6.10. The van der Waals surface area contributed by atoms with E-state index in [1.54, 1.807) is 4.90 Å². The number of aromatic nitrogens is 2. The third kappa shape index (κ3) is 8.45. The van der Waals surface area contributed by atoms with Crippen LogP contribution < -0.4 is 10.6 Å². The minimum atomic E-state index is -0.534. The summed E-state index contributed by atoms with van der Waals surface area (Å²) in [4.78, 5) is 40.8. The average molecular weight is 489 g/mol. The van der Waals surface area contributed by atoms with Gasteiger partial charge in [0, 0.05) is 37.6 Å². The zero-order chi connectivity index (χ0) is 25.4. The van der Waals surface area contributed by atoms with Crippen molar-refractivity contribution in [2.75, 3.05) is 25.0 Å². The summed E-state index contributed by atoms with van der Waals surface area (Å²) in [7, 11) is 0. The maximum absolute atomic E-state index is 13.2. The predicted molar refractivity (Wildman–Crippen MR) is 135 cm³/mol. The van der Waals surface area contributed by atoms with Gasteiger partial charge in [-0.3, -0.25) is 4.79 Å². The maximum Gasteiger partial charge on any atom is 0.410 e. The number of anilines is 1. The Labute approximate surface area is 208 Å². The van der Waals surface area contributed by atoms with Gasteiger partial charge in [0.25, 0.3) is 5.91 Å². The van der Waals surface area contributed by atoms with Crippen LogP contribution in [0, 0.1) is 0 Å². The molecular weight excluding hydrogens is 448 g/mol. The molecule has 10 heteroatoms. The number of nitrogens with zero attached hydrogens (tertiary/aromatic N) is 4. The Balaban J connectivity index is 1.66. The van der Waals surface area contributed by atoms with Gasteiger partial charge in [0.15, 0.2) is 5.82 Å². The van der Waals surface area contributed by atoms with Crippen molar-refractivity contribution >= 4 is 29.5 Å². The highest BCUT2D eigenvalue weighted by Crippen LogP contribution is 2.24. The van der Waals surface area contributed by atoms with E-state index in [1.807, 2.05) is 20.8 Å². The van der Waals surface area contributed by atoms with Crippen LogP contribution in [0.25, 0.3) is 0 Å². The summed E-state index contributed by atoms with van der Waals surface area (Å²) in [5.74, 6) is 0.543. The normalized spacial score (nSPS) is 19.3. The molecule has 1 aliphatic heterocycles. The molecule has 3 N–H and O–H groups in total. The summed E-state index contributed by atoms with van der Waals surface area (Å²) in [6.45, 7) is 9.45. The molecule has 1 saturated heterocycles. The van der Waals surface area contributed by atoms with Crippen molar-refractivity contribution in [2.45, 2.75) is 96.8 Å². The number of amides is 2. The van der Waals surface area contributed by atoms with E-state index < -0.39 is 5.60 Å². The fraction of sp³-hybridized carbons (Fsp3) is 0.720. The first-order valence-corrected chi connectivity index (χ1v) is 12.8. The van der Waals surface area contributed by atoms with Gasteiger partial charge in [-0.1, -0.05) is 13.3 Å². The number of carbonyl (C=O) groups is 2. The molecule has 1 aromatic rings. The van der Waals surface area contributed by atoms with E-state index in [0.29, 0.717) is 68.9 Å². The molecule has 194 valence electrons. The van der Waals surface area contributed by atoms with Crippen LogP contribution in [-0.4, -0.2) is 75.1 Å². The summed E-state index contributed by atoms with van der Waals surface area (Å²) in [6, 6.07) is -0.0612. The van der Waals surface area contributed by atoms with Crippen molar-refractivity contribution in [2.24, 2.45) is 4.99 Å². The molecule has 0 bridgehead atoms. The first-order valence-electron chi connectivity index (χ1n) is 12.8. The fourth-order valence-corrected chi connectivity index (χ4v) is 4.07. The quantitative estimate of drug-likeness (QED) is 0.498.